The summed E-state index contributed by atoms with van der Waals surface area (Å²) in [5, 5.41) is 0. The molecule has 0 radical (unpaired) electrons. The first-order chi connectivity index (χ1) is 6.00. The van der Waals surface area contributed by atoms with E-state index in [1.54, 1.807) is 0 Å². The van der Waals surface area contributed by atoms with E-state index >= 15 is 0 Å². The quantitative estimate of drug-likeness (QED) is 0.504. The molecule has 12 heavy (non-hydrogen) atoms. The van der Waals surface area contributed by atoms with E-state index in [1.807, 2.05) is 72.9 Å². The lowest BCUT2D eigenvalue weighted by molar-refractivity contribution is 1.81. The predicted octanol–water partition coefficient (Wildman–Crippen LogP) is 3.34. The van der Waals surface area contributed by atoms with E-state index in [0.717, 1.165) is 0 Å². The van der Waals surface area contributed by atoms with Crippen LogP contribution in [0.25, 0.3) is 0 Å². The molecule has 0 spiro atoms. The summed E-state index contributed by atoms with van der Waals surface area (Å²) in [6, 6.07) is 0. The highest BCUT2D eigenvalue weighted by atomic mass is 13.7. The summed E-state index contributed by atoms with van der Waals surface area (Å²) in [6.45, 7) is 0. The average molecular weight is 156 g/mol. The van der Waals surface area contributed by atoms with Gasteiger partial charge in [-0.05, 0) is 0 Å². The molecule has 0 heteroatoms. The third-order valence-corrected chi connectivity index (χ3v) is 1.33. The van der Waals surface area contributed by atoms with Crippen molar-refractivity contribution in [3.05, 3.63) is 72.9 Å². The van der Waals surface area contributed by atoms with Crippen molar-refractivity contribution in [3.8, 4) is 0 Å². The monoisotopic (exact) mass is 156 g/mol. The second-order valence-corrected chi connectivity index (χ2v) is 2.31. The molecule has 0 N–H and O–H groups in total. The van der Waals surface area contributed by atoms with Crippen LogP contribution in [0.4, 0.5) is 0 Å². The molecule has 0 bridgehead atoms. The molecule has 60 valence electrons. The van der Waals surface area contributed by atoms with Crippen molar-refractivity contribution in [1.82, 2.24) is 0 Å². The lowest BCUT2D eigenvalue weighted by Gasteiger charge is -1.77. The Kier molecular flexibility index (Phi) is 4.39. The molecule has 0 saturated carbocycles. The van der Waals surface area contributed by atoms with Crippen molar-refractivity contribution in [1.29, 1.82) is 0 Å². The fraction of sp³-hybridized carbons (Fsp3) is 0. The largest absolute Gasteiger partial charge is 0.0623 e. The van der Waals surface area contributed by atoms with Crippen molar-refractivity contribution in [3.63, 3.8) is 0 Å². The molecule has 0 unspecified atom stereocenters. The van der Waals surface area contributed by atoms with Crippen molar-refractivity contribution < 1.29 is 0 Å². The molecule has 1 aliphatic rings. The highest BCUT2D eigenvalue weighted by Crippen LogP contribution is 1.87. The molecule has 0 nitrogen and oxygen atoms in total. The number of hydrogen-bond acceptors (Lipinski definition) is 0. The van der Waals surface area contributed by atoms with Gasteiger partial charge in [0.15, 0.2) is 0 Å². The van der Waals surface area contributed by atoms with E-state index < -0.39 is 0 Å². The highest BCUT2D eigenvalue weighted by Gasteiger charge is 1.65. The van der Waals surface area contributed by atoms with Crippen molar-refractivity contribution in [2.75, 3.05) is 0 Å². The van der Waals surface area contributed by atoms with Gasteiger partial charge < -0.3 is 0 Å². The van der Waals surface area contributed by atoms with Crippen molar-refractivity contribution in [2.24, 2.45) is 0 Å². The average Bonchev–Trinajstić information content (AvgIpc) is 2.05. The van der Waals surface area contributed by atoms with Gasteiger partial charge in [-0.1, -0.05) is 72.9 Å². The number of hydrogen-bond donors (Lipinski definition) is 0. The smallest absolute Gasteiger partial charge is 0.0623 e. The maximum atomic E-state index is 2.00. The minimum absolute atomic E-state index is 2.00. The van der Waals surface area contributed by atoms with Crippen LogP contribution in [0.1, 0.15) is 0 Å². The molecule has 0 aromatic rings. The lowest BCUT2D eigenvalue weighted by Crippen LogP contribution is -1.55. The molecule has 0 fully saturated rings. The molecular weight excluding hydrogens is 144 g/mol. The van der Waals surface area contributed by atoms with Gasteiger partial charge in [0.1, 0.15) is 0 Å². The highest BCUT2D eigenvalue weighted by molar-refractivity contribution is 5.23. The summed E-state index contributed by atoms with van der Waals surface area (Å²) in [6.07, 6.45) is 24.0. The SMILES string of the molecule is C1=C\C=C/C=C\C=C/C=C\C=C1. The first-order valence-electron chi connectivity index (χ1n) is 4.00. The fourth-order valence-electron chi connectivity index (χ4n) is 0.770. The second-order valence-electron chi connectivity index (χ2n) is 2.31. The van der Waals surface area contributed by atoms with Crippen LogP contribution in [0.15, 0.2) is 72.9 Å². The Morgan fingerprint density at radius 1 is 0.167 bits per heavy atom. The van der Waals surface area contributed by atoms with Crippen molar-refractivity contribution in [2.45, 2.75) is 0 Å². The van der Waals surface area contributed by atoms with Gasteiger partial charge >= 0.3 is 0 Å². The predicted molar refractivity (Wildman–Crippen MR) is 54.8 cm³/mol. The molecule has 1 aliphatic carbocycles. The molecule has 0 saturated heterocycles. The van der Waals surface area contributed by atoms with E-state index in [-0.39, 0.29) is 0 Å². The summed E-state index contributed by atoms with van der Waals surface area (Å²) >= 11 is 0. The van der Waals surface area contributed by atoms with Gasteiger partial charge in [0.2, 0.25) is 0 Å². The van der Waals surface area contributed by atoms with E-state index in [2.05, 4.69) is 0 Å². The second kappa shape index (κ2) is 6.17. The van der Waals surface area contributed by atoms with E-state index in [1.165, 1.54) is 0 Å². The van der Waals surface area contributed by atoms with Gasteiger partial charge in [0, 0.05) is 0 Å². The van der Waals surface area contributed by atoms with Crippen LogP contribution in [-0.4, -0.2) is 0 Å². The Morgan fingerprint density at radius 3 is 0.333 bits per heavy atom. The van der Waals surface area contributed by atoms with Gasteiger partial charge in [0.25, 0.3) is 0 Å². The third-order valence-electron chi connectivity index (χ3n) is 1.33. The third kappa shape index (κ3) is 4.29. The van der Waals surface area contributed by atoms with E-state index in [9.17, 15) is 0 Å². The first-order valence-corrected chi connectivity index (χ1v) is 4.00. The van der Waals surface area contributed by atoms with E-state index in [0.29, 0.717) is 0 Å². The molecule has 0 aliphatic heterocycles. The molecule has 0 amide bonds. The van der Waals surface area contributed by atoms with Crippen LogP contribution in [0, 0.1) is 0 Å². The van der Waals surface area contributed by atoms with Crippen LogP contribution in [-0.2, 0) is 0 Å². The van der Waals surface area contributed by atoms with Gasteiger partial charge in [-0.25, -0.2) is 0 Å². The van der Waals surface area contributed by atoms with Gasteiger partial charge in [-0.2, -0.15) is 0 Å². The van der Waals surface area contributed by atoms with E-state index in [4.69, 9.17) is 0 Å². The first kappa shape index (κ1) is 8.54. The molecular formula is C12H12. The Balaban J connectivity index is 2.67. The zero-order valence-electron chi connectivity index (χ0n) is 6.93. The van der Waals surface area contributed by atoms with Gasteiger partial charge in [0.05, 0.1) is 0 Å². The molecule has 0 atom stereocenters. The minimum atomic E-state index is 2.00. The summed E-state index contributed by atoms with van der Waals surface area (Å²) < 4.78 is 0. The maximum absolute atomic E-state index is 2.00. The van der Waals surface area contributed by atoms with Crippen LogP contribution in [0.5, 0.6) is 0 Å². The molecule has 0 aromatic heterocycles. The van der Waals surface area contributed by atoms with Crippen LogP contribution in [0.3, 0.4) is 0 Å². The number of rotatable bonds is 0. The standard InChI is InChI=1S/C12H12/c1-2-4-6-8-10-12-11-9-7-5-3-1/h1-12H/b2-1-,3-1?,4-2?,5-3-,6-4-,7-5?,8-6?,9-7-,10-8?,11-9?,12-10?,12-11?. The minimum Gasteiger partial charge on any atom is -0.0623 e. The van der Waals surface area contributed by atoms with Gasteiger partial charge in [-0.15, -0.1) is 0 Å². The van der Waals surface area contributed by atoms with Crippen LogP contribution < -0.4 is 0 Å². The Morgan fingerprint density at radius 2 is 0.250 bits per heavy atom. The summed E-state index contributed by atoms with van der Waals surface area (Å²) in [7, 11) is 0. The summed E-state index contributed by atoms with van der Waals surface area (Å²) in [5.41, 5.74) is 0. The Hall–Kier alpha value is -1.56. The van der Waals surface area contributed by atoms with Crippen LogP contribution >= 0.6 is 0 Å². The summed E-state index contributed by atoms with van der Waals surface area (Å²) in [5.74, 6) is 0. The fourth-order valence-corrected chi connectivity index (χ4v) is 0.770. The van der Waals surface area contributed by atoms with Gasteiger partial charge in [-0.3, -0.25) is 0 Å². The topological polar surface area (TPSA) is 0 Å². The molecule has 0 aromatic carbocycles. The number of allylic oxidation sites excluding steroid dienone is 12. The maximum Gasteiger partial charge on any atom is -0.0623 e. The normalized spacial score (nSPS) is 26.7. The Bertz CT molecular complexity index is 169. The zero-order valence-corrected chi connectivity index (χ0v) is 6.93. The lowest BCUT2D eigenvalue weighted by atomic mass is 10.3. The van der Waals surface area contributed by atoms with Crippen LogP contribution in [0.2, 0.25) is 0 Å². The molecule has 0 heterocycles. The Labute approximate surface area is 73.6 Å². The summed E-state index contributed by atoms with van der Waals surface area (Å²) in [4.78, 5) is 0. The zero-order chi connectivity index (χ0) is 8.49. The van der Waals surface area contributed by atoms with Crippen molar-refractivity contribution >= 4 is 0 Å². The molecule has 1 rings (SSSR count).